The molecule has 4 heteroatoms. The molecule has 0 aromatic heterocycles. The molecule has 0 saturated carbocycles. The molecule has 2 aromatic rings. The van der Waals surface area contributed by atoms with Crippen molar-refractivity contribution in [2.45, 2.75) is 12.5 Å². The van der Waals surface area contributed by atoms with Crippen LogP contribution < -0.4 is 10.1 Å². The van der Waals surface area contributed by atoms with Gasteiger partial charge in [-0.2, -0.15) is 5.26 Å². The summed E-state index contributed by atoms with van der Waals surface area (Å²) < 4.78 is 5.62. The third-order valence-electron chi connectivity index (χ3n) is 3.20. The molecule has 0 unspecified atom stereocenters. The van der Waals surface area contributed by atoms with Gasteiger partial charge in [-0.3, -0.25) is 4.79 Å². The summed E-state index contributed by atoms with van der Waals surface area (Å²) in [6.07, 6.45) is 0.0538. The molecule has 1 N–H and O–H groups in total. The fraction of sp³-hybridized carbons (Fsp3) is 0.125. The van der Waals surface area contributed by atoms with Crippen LogP contribution in [0.2, 0.25) is 0 Å². The van der Waals surface area contributed by atoms with Crippen molar-refractivity contribution in [2.75, 3.05) is 5.32 Å². The zero-order chi connectivity index (χ0) is 13.9. The lowest BCUT2D eigenvalue weighted by atomic mass is 10.1. The number of anilines is 1. The number of ether oxygens (including phenoxy) is 1. The summed E-state index contributed by atoms with van der Waals surface area (Å²) in [6, 6.07) is 16.5. The molecule has 3 rings (SSSR count). The summed E-state index contributed by atoms with van der Waals surface area (Å²) in [5.41, 5.74) is 2.16. The Morgan fingerprint density at radius 3 is 2.90 bits per heavy atom. The molecule has 2 aromatic carbocycles. The molecule has 1 heterocycles. The maximum absolute atomic E-state index is 12.2. The van der Waals surface area contributed by atoms with Gasteiger partial charge in [-0.25, -0.2) is 0 Å². The molecule has 1 amide bonds. The number of hydrogen-bond acceptors (Lipinski definition) is 3. The number of hydrogen-bond donors (Lipinski definition) is 1. The number of nitrogens with zero attached hydrogens (tertiary/aromatic N) is 1. The summed E-state index contributed by atoms with van der Waals surface area (Å²) in [7, 11) is 0. The summed E-state index contributed by atoms with van der Waals surface area (Å²) in [4.78, 5) is 12.2. The summed E-state index contributed by atoms with van der Waals surface area (Å²) in [5.74, 6) is 0.565. The zero-order valence-electron chi connectivity index (χ0n) is 10.7. The van der Waals surface area contributed by atoms with Crippen molar-refractivity contribution in [1.82, 2.24) is 0 Å². The fourth-order valence-corrected chi connectivity index (χ4v) is 2.22. The normalized spacial score (nSPS) is 15.8. The van der Waals surface area contributed by atoms with Crippen molar-refractivity contribution in [3.8, 4) is 11.8 Å². The van der Waals surface area contributed by atoms with Gasteiger partial charge in [-0.15, -0.1) is 0 Å². The number of fused-ring (bicyclic) bond motifs is 1. The molecule has 0 fully saturated rings. The van der Waals surface area contributed by atoms with E-state index in [2.05, 4.69) is 5.32 Å². The van der Waals surface area contributed by atoms with E-state index in [0.717, 1.165) is 11.3 Å². The Bertz CT molecular complexity index is 679. The zero-order valence-corrected chi connectivity index (χ0v) is 10.7. The maximum atomic E-state index is 12.2. The topological polar surface area (TPSA) is 62.1 Å². The average Bonchev–Trinajstić information content (AvgIpc) is 2.91. The Morgan fingerprint density at radius 2 is 2.10 bits per heavy atom. The number of benzene rings is 2. The Balaban J connectivity index is 1.71. The first-order chi connectivity index (χ1) is 9.76. The third kappa shape index (κ3) is 2.34. The number of carbonyl (C=O) groups excluding carboxylic acids is 1. The highest BCUT2D eigenvalue weighted by Crippen LogP contribution is 2.28. The van der Waals surface area contributed by atoms with Crippen molar-refractivity contribution in [3.05, 3.63) is 59.7 Å². The van der Waals surface area contributed by atoms with E-state index in [-0.39, 0.29) is 5.91 Å². The minimum atomic E-state index is -0.516. The first kappa shape index (κ1) is 12.2. The second-order valence-electron chi connectivity index (χ2n) is 4.60. The van der Waals surface area contributed by atoms with Gasteiger partial charge in [0.15, 0.2) is 6.10 Å². The maximum Gasteiger partial charge on any atom is 0.265 e. The van der Waals surface area contributed by atoms with E-state index in [4.69, 9.17) is 10.00 Å². The van der Waals surface area contributed by atoms with Crippen LogP contribution in [0.3, 0.4) is 0 Å². The first-order valence-corrected chi connectivity index (χ1v) is 6.32. The van der Waals surface area contributed by atoms with E-state index in [1.807, 2.05) is 30.3 Å². The van der Waals surface area contributed by atoms with Gasteiger partial charge in [0.1, 0.15) is 5.75 Å². The predicted molar refractivity (Wildman–Crippen MR) is 74.3 cm³/mol. The monoisotopic (exact) mass is 264 g/mol. The lowest BCUT2D eigenvalue weighted by Crippen LogP contribution is -2.31. The minimum Gasteiger partial charge on any atom is -0.480 e. The highest BCUT2D eigenvalue weighted by Gasteiger charge is 2.28. The molecule has 4 nitrogen and oxygen atoms in total. The van der Waals surface area contributed by atoms with Gasteiger partial charge in [0, 0.05) is 12.1 Å². The molecule has 0 radical (unpaired) electrons. The van der Waals surface area contributed by atoms with Crippen LogP contribution in [0.1, 0.15) is 11.1 Å². The van der Waals surface area contributed by atoms with Crippen LogP contribution in [-0.4, -0.2) is 12.0 Å². The summed E-state index contributed by atoms with van der Waals surface area (Å²) in [5, 5.41) is 11.6. The highest BCUT2D eigenvalue weighted by molar-refractivity contribution is 5.95. The van der Waals surface area contributed by atoms with Crippen LogP contribution in [0.4, 0.5) is 5.69 Å². The lowest BCUT2D eigenvalue weighted by Gasteiger charge is -2.11. The van der Waals surface area contributed by atoms with E-state index in [1.165, 1.54) is 0 Å². The van der Waals surface area contributed by atoms with Gasteiger partial charge >= 0.3 is 0 Å². The molecular formula is C16H12N2O2. The average molecular weight is 264 g/mol. The van der Waals surface area contributed by atoms with Gasteiger partial charge in [0.25, 0.3) is 5.91 Å². The molecule has 20 heavy (non-hydrogen) atoms. The molecule has 1 atom stereocenters. The van der Waals surface area contributed by atoms with Crippen LogP contribution in [-0.2, 0) is 11.2 Å². The van der Waals surface area contributed by atoms with E-state index in [1.54, 1.807) is 24.3 Å². The molecule has 1 aliphatic rings. The van der Waals surface area contributed by atoms with Crippen LogP contribution in [0.5, 0.6) is 5.75 Å². The van der Waals surface area contributed by atoms with Crippen molar-refractivity contribution in [1.29, 1.82) is 5.26 Å². The molecule has 0 saturated heterocycles. The van der Waals surface area contributed by atoms with Gasteiger partial charge in [-0.05, 0) is 29.8 Å². The predicted octanol–water partition coefficient (Wildman–Crippen LogP) is 2.50. The number of carbonyl (C=O) groups is 1. The Hall–Kier alpha value is -2.80. The number of nitrogens with one attached hydrogen (secondary N) is 1. The van der Waals surface area contributed by atoms with Crippen molar-refractivity contribution in [2.24, 2.45) is 0 Å². The molecule has 1 aliphatic heterocycles. The van der Waals surface area contributed by atoms with Crippen LogP contribution in [0, 0.1) is 11.3 Å². The Kier molecular flexibility index (Phi) is 3.10. The van der Waals surface area contributed by atoms with Gasteiger partial charge < -0.3 is 10.1 Å². The van der Waals surface area contributed by atoms with Crippen molar-refractivity contribution >= 4 is 11.6 Å². The second kappa shape index (κ2) is 5.06. The number of amides is 1. The van der Waals surface area contributed by atoms with E-state index in [0.29, 0.717) is 17.7 Å². The van der Waals surface area contributed by atoms with Gasteiger partial charge in [0.2, 0.25) is 0 Å². The summed E-state index contributed by atoms with van der Waals surface area (Å²) >= 11 is 0. The largest absolute Gasteiger partial charge is 0.480 e. The SMILES string of the molecule is N#Cc1cccc(NC(=O)[C@@H]2Cc3ccccc3O2)c1. The van der Waals surface area contributed by atoms with E-state index >= 15 is 0 Å². The Morgan fingerprint density at radius 1 is 1.25 bits per heavy atom. The first-order valence-electron chi connectivity index (χ1n) is 6.32. The highest BCUT2D eigenvalue weighted by atomic mass is 16.5. The van der Waals surface area contributed by atoms with E-state index < -0.39 is 6.10 Å². The standard InChI is InChI=1S/C16H12N2O2/c17-10-11-4-3-6-13(8-11)18-16(19)15-9-12-5-1-2-7-14(12)20-15/h1-8,15H,9H2,(H,18,19)/t15-/m0/s1. The number of nitriles is 1. The molecular weight excluding hydrogens is 252 g/mol. The number of para-hydroxylation sites is 1. The van der Waals surface area contributed by atoms with Crippen LogP contribution in [0.15, 0.2) is 48.5 Å². The number of rotatable bonds is 2. The molecule has 0 spiro atoms. The van der Waals surface area contributed by atoms with Crippen LogP contribution in [0.25, 0.3) is 0 Å². The molecule has 0 bridgehead atoms. The van der Waals surface area contributed by atoms with Gasteiger partial charge in [0.05, 0.1) is 11.6 Å². The van der Waals surface area contributed by atoms with Crippen molar-refractivity contribution in [3.63, 3.8) is 0 Å². The third-order valence-corrected chi connectivity index (χ3v) is 3.20. The quantitative estimate of drug-likeness (QED) is 0.906. The van der Waals surface area contributed by atoms with Gasteiger partial charge in [-0.1, -0.05) is 24.3 Å². The minimum absolute atomic E-state index is 0.198. The smallest absolute Gasteiger partial charge is 0.265 e. The Labute approximate surface area is 116 Å². The molecule has 0 aliphatic carbocycles. The van der Waals surface area contributed by atoms with Crippen molar-refractivity contribution < 1.29 is 9.53 Å². The fourth-order valence-electron chi connectivity index (χ4n) is 2.22. The van der Waals surface area contributed by atoms with Crippen LogP contribution >= 0.6 is 0 Å². The lowest BCUT2D eigenvalue weighted by molar-refractivity contribution is -0.122. The molecule has 98 valence electrons. The van der Waals surface area contributed by atoms with E-state index in [9.17, 15) is 4.79 Å². The summed E-state index contributed by atoms with van der Waals surface area (Å²) in [6.45, 7) is 0. The second-order valence-corrected chi connectivity index (χ2v) is 4.60.